The number of piperidine rings is 1. The maximum Gasteiger partial charge on any atom is 0.243 e. The SMILES string of the molecule is CCC(=O)CSc1nc2cc(S(=O)(=O)N3CCC[C@@H](C)C3)ccc2n1C[C@H]1CCCO1. The van der Waals surface area contributed by atoms with Crippen LogP contribution in [0.2, 0.25) is 0 Å². The molecule has 0 spiro atoms. The first-order valence-corrected chi connectivity index (χ1v) is 13.6. The van der Waals surface area contributed by atoms with E-state index in [1.54, 1.807) is 16.4 Å². The Morgan fingerprint density at radius 1 is 1.29 bits per heavy atom. The molecule has 31 heavy (non-hydrogen) atoms. The molecule has 1 aromatic heterocycles. The highest BCUT2D eigenvalue weighted by Crippen LogP contribution is 2.30. The first kappa shape index (κ1) is 22.8. The molecule has 3 heterocycles. The van der Waals surface area contributed by atoms with Crippen molar-refractivity contribution in [3.05, 3.63) is 18.2 Å². The fourth-order valence-electron chi connectivity index (χ4n) is 4.29. The summed E-state index contributed by atoms with van der Waals surface area (Å²) in [5.74, 6) is 0.905. The number of ketones is 1. The number of hydrogen-bond donors (Lipinski definition) is 0. The fourth-order valence-corrected chi connectivity index (χ4v) is 6.89. The molecule has 1 aromatic carbocycles. The molecular weight excluding hydrogens is 434 g/mol. The first-order valence-electron chi connectivity index (χ1n) is 11.1. The number of sulfonamides is 1. The second-order valence-electron chi connectivity index (χ2n) is 8.58. The molecule has 2 atom stereocenters. The number of carbonyl (C=O) groups is 1. The number of rotatable bonds is 8. The minimum absolute atomic E-state index is 0.122. The number of hydrogen-bond acceptors (Lipinski definition) is 6. The number of nitrogens with zero attached hydrogens (tertiary/aromatic N) is 3. The van der Waals surface area contributed by atoms with Crippen LogP contribution in [-0.2, 0) is 26.1 Å². The number of ether oxygens (including phenoxy) is 1. The summed E-state index contributed by atoms with van der Waals surface area (Å²) in [4.78, 5) is 16.9. The van der Waals surface area contributed by atoms with E-state index in [0.29, 0.717) is 43.2 Å². The minimum atomic E-state index is -3.54. The fraction of sp³-hybridized carbons (Fsp3) is 0.636. The van der Waals surface area contributed by atoms with Gasteiger partial charge in [-0.2, -0.15) is 4.31 Å². The Morgan fingerprint density at radius 3 is 2.84 bits per heavy atom. The molecule has 170 valence electrons. The van der Waals surface area contributed by atoms with Crippen molar-refractivity contribution in [3.8, 4) is 0 Å². The van der Waals surface area contributed by atoms with Gasteiger partial charge in [0.2, 0.25) is 10.0 Å². The summed E-state index contributed by atoms with van der Waals surface area (Å²) in [5, 5.41) is 0.744. The highest BCUT2D eigenvalue weighted by Gasteiger charge is 2.29. The topological polar surface area (TPSA) is 81.5 Å². The first-order chi connectivity index (χ1) is 14.9. The van der Waals surface area contributed by atoms with Crippen molar-refractivity contribution in [2.24, 2.45) is 5.92 Å². The van der Waals surface area contributed by atoms with E-state index in [1.807, 2.05) is 13.0 Å². The van der Waals surface area contributed by atoms with Crippen LogP contribution < -0.4 is 0 Å². The largest absolute Gasteiger partial charge is 0.376 e. The summed E-state index contributed by atoms with van der Waals surface area (Å²) in [5.41, 5.74) is 1.53. The zero-order chi connectivity index (χ0) is 22.0. The number of imidazole rings is 1. The molecule has 0 radical (unpaired) electrons. The van der Waals surface area contributed by atoms with Gasteiger partial charge in [-0.15, -0.1) is 0 Å². The average Bonchev–Trinajstić information content (AvgIpc) is 3.40. The summed E-state index contributed by atoms with van der Waals surface area (Å²) in [6.07, 6.45) is 4.62. The zero-order valence-corrected chi connectivity index (χ0v) is 19.9. The predicted octanol–water partition coefficient (Wildman–Crippen LogP) is 3.71. The van der Waals surface area contributed by atoms with Crippen molar-refractivity contribution < 1.29 is 17.9 Å². The van der Waals surface area contributed by atoms with Crippen LogP contribution in [-0.4, -0.2) is 59.6 Å². The number of fused-ring (bicyclic) bond motifs is 1. The van der Waals surface area contributed by atoms with Gasteiger partial charge in [-0.25, -0.2) is 13.4 Å². The van der Waals surface area contributed by atoms with Gasteiger partial charge in [0, 0.05) is 26.1 Å². The van der Waals surface area contributed by atoms with E-state index in [9.17, 15) is 13.2 Å². The smallest absolute Gasteiger partial charge is 0.243 e. The van der Waals surface area contributed by atoms with E-state index in [2.05, 4.69) is 11.5 Å². The monoisotopic (exact) mass is 465 g/mol. The number of Topliss-reactive ketones (excluding diaryl/α,β-unsaturated/α-hetero) is 1. The molecule has 7 nitrogen and oxygen atoms in total. The minimum Gasteiger partial charge on any atom is -0.376 e. The Labute approximate surface area is 188 Å². The number of carbonyl (C=O) groups excluding carboxylic acids is 1. The standard InChI is InChI=1S/C22H31N3O4S2/c1-3-17(26)15-30-22-23-20-12-19(31(27,28)24-10-4-6-16(2)13-24)8-9-21(20)25(22)14-18-7-5-11-29-18/h8-9,12,16,18H,3-7,10-11,13-15H2,1-2H3/t16-,18-/m1/s1. The molecule has 4 rings (SSSR count). The van der Waals surface area contributed by atoms with Crippen LogP contribution in [0.25, 0.3) is 11.0 Å². The Morgan fingerprint density at radius 2 is 2.13 bits per heavy atom. The summed E-state index contributed by atoms with van der Waals surface area (Å²) < 4.78 is 35.9. The molecule has 2 fully saturated rings. The maximum atomic E-state index is 13.2. The van der Waals surface area contributed by atoms with Crippen molar-refractivity contribution in [3.63, 3.8) is 0 Å². The lowest BCUT2D eigenvalue weighted by Gasteiger charge is -2.30. The summed E-state index contributed by atoms with van der Waals surface area (Å²) in [6.45, 7) is 6.52. The molecule has 9 heteroatoms. The van der Waals surface area contributed by atoms with Crippen LogP contribution in [0, 0.1) is 5.92 Å². The molecule has 2 aliphatic rings. The molecule has 0 amide bonds. The molecule has 2 aliphatic heterocycles. The Hall–Kier alpha value is -1.42. The summed E-state index contributed by atoms with van der Waals surface area (Å²) in [6, 6.07) is 5.22. The molecule has 0 aliphatic carbocycles. The van der Waals surface area contributed by atoms with E-state index in [0.717, 1.165) is 43.0 Å². The number of aromatic nitrogens is 2. The predicted molar refractivity (Wildman–Crippen MR) is 122 cm³/mol. The van der Waals surface area contributed by atoms with E-state index < -0.39 is 10.0 Å². The van der Waals surface area contributed by atoms with Crippen molar-refractivity contribution in [2.75, 3.05) is 25.4 Å². The zero-order valence-electron chi connectivity index (χ0n) is 18.2. The normalized spacial score (nSPS) is 22.9. The van der Waals surface area contributed by atoms with Gasteiger partial charge < -0.3 is 9.30 Å². The second-order valence-corrected chi connectivity index (χ2v) is 11.5. The molecule has 0 unspecified atom stereocenters. The Balaban J connectivity index is 1.67. The summed E-state index contributed by atoms with van der Waals surface area (Å²) in [7, 11) is -3.54. The molecular formula is C22H31N3O4S2. The van der Waals surface area contributed by atoms with Crippen molar-refractivity contribution >= 4 is 38.6 Å². The van der Waals surface area contributed by atoms with E-state index >= 15 is 0 Å². The van der Waals surface area contributed by atoms with Crippen LogP contribution in [0.15, 0.2) is 28.3 Å². The van der Waals surface area contributed by atoms with Gasteiger partial charge in [0.25, 0.3) is 0 Å². The Kier molecular flexibility index (Phi) is 7.05. The van der Waals surface area contributed by atoms with E-state index in [4.69, 9.17) is 9.72 Å². The van der Waals surface area contributed by atoms with Gasteiger partial charge >= 0.3 is 0 Å². The van der Waals surface area contributed by atoms with Crippen LogP contribution in [0.1, 0.15) is 46.0 Å². The second kappa shape index (κ2) is 9.60. The lowest BCUT2D eigenvalue weighted by atomic mass is 10.0. The quantitative estimate of drug-likeness (QED) is 0.553. The van der Waals surface area contributed by atoms with Crippen LogP contribution >= 0.6 is 11.8 Å². The molecule has 2 saturated heterocycles. The number of benzene rings is 1. The lowest BCUT2D eigenvalue weighted by molar-refractivity contribution is -0.116. The van der Waals surface area contributed by atoms with Crippen molar-refractivity contribution in [2.45, 2.75) is 68.7 Å². The van der Waals surface area contributed by atoms with Gasteiger partial charge in [0.1, 0.15) is 5.78 Å². The van der Waals surface area contributed by atoms with Gasteiger partial charge in [-0.1, -0.05) is 25.6 Å². The summed E-state index contributed by atoms with van der Waals surface area (Å²) >= 11 is 1.42. The van der Waals surface area contributed by atoms with Crippen molar-refractivity contribution in [1.29, 1.82) is 0 Å². The van der Waals surface area contributed by atoms with Gasteiger partial charge in [-0.05, 0) is 49.8 Å². The number of thioether (sulfide) groups is 1. The molecule has 0 saturated carbocycles. The van der Waals surface area contributed by atoms with E-state index in [-0.39, 0.29) is 16.8 Å². The molecule has 0 N–H and O–H groups in total. The third kappa shape index (κ3) is 4.99. The van der Waals surface area contributed by atoms with Crippen LogP contribution in [0.5, 0.6) is 0 Å². The van der Waals surface area contributed by atoms with Crippen molar-refractivity contribution in [1.82, 2.24) is 13.9 Å². The lowest BCUT2D eigenvalue weighted by Crippen LogP contribution is -2.39. The third-order valence-electron chi connectivity index (χ3n) is 6.11. The Bertz CT molecular complexity index is 1040. The average molecular weight is 466 g/mol. The van der Waals surface area contributed by atoms with Gasteiger partial charge in [0.05, 0.1) is 34.3 Å². The van der Waals surface area contributed by atoms with E-state index in [1.165, 1.54) is 11.8 Å². The highest BCUT2D eigenvalue weighted by molar-refractivity contribution is 7.99. The van der Waals surface area contributed by atoms with Crippen LogP contribution in [0.3, 0.4) is 0 Å². The third-order valence-corrected chi connectivity index (χ3v) is 9.01. The van der Waals surface area contributed by atoms with Crippen LogP contribution in [0.4, 0.5) is 0 Å². The molecule has 2 aromatic rings. The highest BCUT2D eigenvalue weighted by atomic mass is 32.2. The maximum absolute atomic E-state index is 13.2. The molecule has 0 bridgehead atoms. The van der Waals surface area contributed by atoms with Gasteiger partial charge in [0.15, 0.2) is 5.16 Å². The van der Waals surface area contributed by atoms with Gasteiger partial charge in [-0.3, -0.25) is 4.79 Å².